The van der Waals surface area contributed by atoms with Crippen LogP contribution in [0.25, 0.3) is 10.9 Å². The highest BCUT2D eigenvalue weighted by molar-refractivity contribution is 5.91. The van der Waals surface area contributed by atoms with Crippen LogP contribution in [0, 0.1) is 0 Å². The molecule has 1 aromatic carbocycles. The Morgan fingerprint density at radius 2 is 1.94 bits per heavy atom. The van der Waals surface area contributed by atoms with Gasteiger partial charge in [-0.15, -0.1) is 0 Å². The summed E-state index contributed by atoms with van der Waals surface area (Å²) < 4.78 is 0. The third-order valence-corrected chi connectivity index (χ3v) is 2.98. The van der Waals surface area contributed by atoms with Gasteiger partial charge >= 0.3 is 0 Å². The van der Waals surface area contributed by atoms with E-state index in [9.17, 15) is 0 Å². The second kappa shape index (κ2) is 4.36. The van der Waals surface area contributed by atoms with E-state index < -0.39 is 0 Å². The highest BCUT2D eigenvalue weighted by Crippen LogP contribution is 2.28. The molecular weight excluding hydrogens is 208 g/mol. The second-order valence-electron chi connectivity index (χ2n) is 5.37. The van der Waals surface area contributed by atoms with E-state index in [0.717, 1.165) is 17.7 Å². The SMILES string of the molecule is CCNc1ccnc2cc(C(C)(C)C)ccc12. The molecule has 1 N–H and O–H groups in total. The zero-order valence-corrected chi connectivity index (χ0v) is 11.0. The number of nitrogens with one attached hydrogen (secondary N) is 1. The standard InChI is InChI=1S/C15H20N2/c1-5-16-13-8-9-17-14-10-11(15(2,3)4)6-7-12(13)14/h6-10H,5H2,1-4H3,(H,16,17). The largest absolute Gasteiger partial charge is 0.385 e. The first-order valence-corrected chi connectivity index (χ1v) is 6.15. The summed E-state index contributed by atoms with van der Waals surface area (Å²) in [6.45, 7) is 9.71. The van der Waals surface area contributed by atoms with Crippen LogP contribution in [0.5, 0.6) is 0 Å². The molecule has 2 heteroatoms. The maximum absolute atomic E-state index is 4.46. The fourth-order valence-corrected chi connectivity index (χ4v) is 1.96. The Morgan fingerprint density at radius 3 is 2.59 bits per heavy atom. The maximum Gasteiger partial charge on any atom is 0.0725 e. The first-order chi connectivity index (χ1) is 8.02. The third kappa shape index (κ3) is 2.41. The summed E-state index contributed by atoms with van der Waals surface area (Å²) in [5.74, 6) is 0. The number of benzene rings is 1. The Balaban J connectivity index is 2.57. The number of pyridine rings is 1. The highest BCUT2D eigenvalue weighted by atomic mass is 14.9. The van der Waals surface area contributed by atoms with Crippen molar-refractivity contribution in [2.24, 2.45) is 0 Å². The van der Waals surface area contributed by atoms with Crippen LogP contribution in [-0.2, 0) is 5.41 Å². The first kappa shape index (κ1) is 11.9. The summed E-state index contributed by atoms with van der Waals surface area (Å²) in [6, 6.07) is 8.59. The molecule has 2 aromatic rings. The van der Waals surface area contributed by atoms with Crippen molar-refractivity contribution < 1.29 is 0 Å². The molecule has 0 aliphatic carbocycles. The van der Waals surface area contributed by atoms with E-state index in [1.165, 1.54) is 10.9 Å². The lowest BCUT2D eigenvalue weighted by Gasteiger charge is -2.19. The number of hydrogen-bond acceptors (Lipinski definition) is 2. The molecule has 0 aliphatic heterocycles. The average Bonchev–Trinajstić information content (AvgIpc) is 2.28. The van der Waals surface area contributed by atoms with Crippen molar-refractivity contribution in [2.75, 3.05) is 11.9 Å². The number of nitrogens with zero attached hydrogens (tertiary/aromatic N) is 1. The van der Waals surface area contributed by atoms with Gasteiger partial charge in [-0.25, -0.2) is 0 Å². The van der Waals surface area contributed by atoms with Crippen LogP contribution in [0.1, 0.15) is 33.3 Å². The van der Waals surface area contributed by atoms with Gasteiger partial charge in [-0.2, -0.15) is 0 Å². The molecule has 1 aromatic heterocycles. The lowest BCUT2D eigenvalue weighted by molar-refractivity contribution is 0.591. The second-order valence-corrected chi connectivity index (χ2v) is 5.37. The van der Waals surface area contributed by atoms with Gasteiger partial charge in [0.25, 0.3) is 0 Å². The van der Waals surface area contributed by atoms with Crippen molar-refractivity contribution >= 4 is 16.6 Å². The molecule has 2 rings (SSSR count). The van der Waals surface area contributed by atoms with E-state index in [1.54, 1.807) is 0 Å². The Kier molecular flexibility index (Phi) is 3.05. The van der Waals surface area contributed by atoms with E-state index in [1.807, 2.05) is 12.3 Å². The number of rotatable bonds is 2. The molecule has 0 spiro atoms. The van der Waals surface area contributed by atoms with Crippen molar-refractivity contribution in [3.8, 4) is 0 Å². The lowest BCUT2D eigenvalue weighted by Crippen LogP contribution is -2.10. The zero-order valence-electron chi connectivity index (χ0n) is 11.0. The van der Waals surface area contributed by atoms with Crippen LogP contribution in [0.4, 0.5) is 5.69 Å². The van der Waals surface area contributed by atoms with Crippen LogP contribution < -0.4 is 5.32 Å². The van der Waals surface area contributed by atoms with Crippen molar-refractivity contribution in [3.05, 3.63) is 36.0 Å². The number of fused-ring (bicyclic) bond motifs is 1. The summed E-state index contributed by atoms with van der Waals surface area (Å²) >= 11 is 0. The Hall–Kier alpha value is -1.57. The molecule has 0 aliphatic rings. The van der Waals surface area contributed by atoms with E-state index in [0.29, 0.717) is 0 Å². The fraction of sp³-hybridized carbons (Fsp3) is 0.400. The molecule has 0 radical (unpaired) electrons. The predicted molar refractivity (Wildman–Crippen MR) is 74.6 cm³/mol. The van der Waals surface area contributed by atoms with E-state index in [-0.39, 0.29) is 5.41 Å². The minimum absolute atomic E-state index is 0.171. The molecule has 1 heterocycles. The third-order valence-electron chi connectivity index (χ3n) is 2.98. The summed E-state index contributed by atoms with van der Waals surface area (Å²) in [6.07, 6.45) is 1.87. The molecule has 0 bridgehead atoms. The molecule has 2 nitrogen and oxygen atoms in total. The zero-order chi connectivity index (χ0) is 12.5. The molecule has 0 unspecified atom stereocenters. The van der Waals surface area contributed by atoms with Crippen molar-refractivity contribution in [3.63, 3.8) is 0 Å². The molecule has 0 atom stereocenters. The van der Waals surface area contributed by atoms with Gasteiger partial charge in [0.2, 0.25) is 0 Å². The Morgan fingerprint density at radius 1 is 1.18 bits per heavy atom. The van der Waals surface area contributed by atoms with E-state index in [2.05, 4.69) is 56.2 Å². The van der Waals surface area contributed by atoms with Crippen LogP contribution in [0.2, 0.25) is 0 Å². The minimum Gasteiger partial charge on any atom is -0.385 e. The van der Waals surface area contributed by atoms with Gasteiger partial charge in [0.1, 0.15) is 0 Å². The molecule has 0 saturated heterocycles. The smallest absolute Gasteiger partial charge is 0.0725 e. The summed E-state index contributed by atoms with van der Waals surface area (Å²) in [7, 11) is 0. The van der Waals surface area contributed by atoms with Gasteiger partial charge in [0.05, 0.1) is 5.52 Å². The van der Waals surface area contributed by atoms with Crippen LogP contribution in [-0.4, -0.2) is 11.5 Å². The van der Waals surface area contributed by atoms with Crippen molar-refractivity contribution in [2.45, 2.75) is 33.1 Å². The first-order valence-electron chi connectivity index (χ1n) is 6.15. The molecule has 0 amide bonds. The van der Waals surface area contributed by atoms with Gasteiger partial charge < -0.3 is 5.32 Å². The summed E-state index contributed by atoms with van der Waals surface area (Å²) in [5.41, 5.74) is 3.73. The summed E-state index contributed by atoms with van der Waals surface area (Å²) in [5, 5.41) is 4.57. The van der Waals surface area contributed by atoms with Gasteiger partial charge in [0.15, 0.2) is 0 Å². The summed E-state index contributed by atoms with van der Waals surface area (Å²) in [4.78, 5) is 4.46. The van der Waals surface area contributed by atoms with Gasteiger partial charge in [0, 0.05) is 23.8 Å². The predicted octanol–water partition coefficient (Wildman–Crippen LogP) is 3.96. The van der Waals surface area contributed by atoms with E-state index in [4.69, 9.17) is 0 Å². The van der Waals surface area contributed by atoms with Crippen LogP contribution in [0.3, 0.4) is 0 Å². The van der Waals surface area contributed by atoms with Gasteiger partial charge in [-0.1, -0.05) is 32.9 Å². The topological polar surface area (TPSA) is 24.9 Å². The Bertz CT molecular complexity index is 524. The lowest BCUT2D eigenvalue weighted by atomic mass is 9.86. The van der Waals surface area contributed by atoms with E-state index >= 15 is 0 Å². The monoisotopic (exact) mass is 228 g/mol. The van der Waals surface area contributed by atoms with Crippen LogP contribution in [0.15, 0.2) is 30.5 Å². The molecule has 0 saturated carbocycles. The highest BCUT2D eigenvalue weighted by Gasteiger charge is 2.14. The molecule has 0 fully saturated rings. The normalized spacial score (nSPS) is 11.8. The molecule has 17 heavy (non-hydrogen) atoms. The van der Waals surface area contributed by atoms with Crippen molar-refractivity contribution in [1.82, 2.24) is 4.98 Å². The van der Waals surface area contributed by atoms with Crippen LogP contribution >= 0.6 is 0 Å². The number of aromatic nitrogens is 1. The average molecular weight is 228 g/mol. The minimum atomic E-state index is 0.171. The fourth-order valence-electron chi connectivity index (χ4n) is 1.96. The van der Waals surface area contributed by atoms with Crippen molar-refractivity contribution in [1.29, 1.82) is 0 Å². The Labute approximate surface area is 103 Å². The number of anilines is 1. The molecular formula is C15H20N2. The van der Waals surface area contributed by atoms with Gasteiger partial charge in [-0.3, -0.25) is 4.98 Å². The quantitative estimate of drug-likeness (QED) is 0.841. The number of hydrogen-bond donors (Lipinski definition) is 1. The molecule has 90 valence electrons. The maximum atomic E-state index is 4.46. The van der Waals surface area contributed by atoms with Gasteiger partial charge in [-0.05, 0) is 30.0 Å².